The average molecular weight is 254 g/mol. The molecule has 1 aromatic carbocycles. The smallest absolute Gasteiger partial charge is 0.166 e. The lowest BCUT2D eigenvalue weighted by Crippen LogP contribution is -2.32. The minimum absolute atomic E-state index is 0. The first-order chi connectivity index (χ1) is 7.68. The minimum Gasteiger partial charge on any atom is -0.317 e. The van der Waals surface area contributed by atoms with Crippen LogP contribution in [0.2, 0.25) is 0 Å². The van der Waals surface area contributed by atoms with Crippen molar-refractivity contribution in [2.24, 2.45) is 5.92 Å². The predicted octanol–water partition coefficient (Wildman–Crippen LogP) is 2.91. The molecule has 0 bridgehead atoms. The number of rotatable bonds is 2. The van der Waals surface area contributed by atoms with Gasteiger partial charge < -0.3 is 5.32 Å². The number of benzene rings is 1. The van der Waals surface area contributed by atoms with Crippen molar-refractivity contribution in [2.75, 3.05) is 13.1 Å². The Hall–Kier alpha value is -0.860. The van der Waals surface area contributed by atoms with Gasteiger partial charge in [-0.25, -0.2) is 0 Å². The van der Waals surface area contributed by atoms with Crippen LogP contribution in [0.3, 0.4) is 0 Å². The zero-order valence-electron chi connectivity index (χ0n) is 10.5. The van der Waals surface area contributed by atoms with Crippen molar-refractivity contribution in [3.63, 3.8) is 0 Å². The molecule has 0 aliphatic carbocycles. The molecule has 94 valence electrons. The van der Waals surface area contributed by atoms with Gasteiger partial charge >= 0.3 is 0 Å². The maximum atomic E-state index is 12.3. The topological polar surface area (TPSA) is 29.1 Å². The molecule has 1 N–H and O–H groups in total. The Bertz CT molecular complexity index is 397. The van der Waals surface area contributed by atoms with Crippen molar-refractivity contribution < 1.29 is 4.79 Å². The van der Waals surface area contributed by atoms with E-state index in [0.29, 0.717) is 5.78 Å². The molecule has 1 aliphatic heterocycles. The van der Waals surface area contributed by atoms with Gasteiger partial charge in [-0.2, -0.15) is 0 Å². The van der Waals surface area contributed by atoms with Crippen LogP contribution >= 0.6 is 12.4 Å². The largest absolute Gasteiger partial charge is 0.317 e. The standard InChI is InChI=1S/C14H19NO.ClH/c1-10-3-4-13(11(2)9-10)14(16)12-5-7-15-8-6-12;/h3-4,9,12,15H,5-8H2,1-2H3;1H. The molecular formula is C14H20ClNO. The van der Waals surface area contributed by atoms with Gasteiger partial charge in [-0.3, -0.25) is 4.79 Å². The molecule has 0 amide bonds. The van der Waals surface area contributed by atoms with Crippen LogP contribution in [0.5, 0.6) is 0 Å². The molecule has 17 heavy (non-hydrogen) atoms. The number of piperidine rings is 1. The number of ketones is 1. The first-order valence-electron chi connectivity index (χ1n) is 6.00. The summed E-state index contributed by atoms with van der Waals surface area (Å²) in [5, 5.41) is 3.29. The van der Waals surface area contributed by atoms with Crippen molar-refractivity contribution in [3.05, 3.63) is 34.9 Å². The van der Waals surface area contributed by atoms with Gasteiger partial charge in [-0.1, -0.05) is 23.8 Å². The van der Waals surface area contributed by atoms with Gasteiger partial charge in [0.1, 0.15) is 0 Å². The van der Waals surface area contributed by atoms with Crippen molar-refractivity contribution in [3.8, 4) is 0 Å². The third-order valence-corrected chi connectivity index (χ3v) is 3.36. The SMILES string of the molecule is Cc1ccc(C(=O)C2CCNCC2)c(C)c1.Cl. The number of aryl methyl sites for hydroxylation is 2. The predicted molar refractivity (Wildman–Crippen MR) is 73.1 cm³/mol. The minimum atomic E-state index is 0. The van der Waals surface area contributed by atoms with E-state index in [2.05, 4.69) is 18.3 Å². The number of hydrogen-bond acceptors (Lipinski definition) is 2. The molecule has 0 atom stereocenters. The van der Waals surface area contributed by atoms with Crippen molar-refractivity contribution >= 4 is 18.2 Å². The third kappa shape index (κ3) is 3.30. The maximum absolute atomic E-state index is 12.3. The number of hydrogen-bond donors (Lipinski definition) is 1. The molecule has 0 spiro atoms. The number of halogens is 1. The van der Waals surface area contributed by atoms with Crippen LogP contribution in [0.15, 0.2) is 18.2 Å². The molecule has 1 aromatic rings. The Balaban J connectivity index is 0.00000144. The zero-order chi connectivity index (χ0) is 11.5. The second-order valence-electron chi connectivity index (χ2n) is 4.71. The monoisotopic (exact) mass is 253 g/mol. The maximum Gasteiger partial charge on any atom is 0.166 e. The molecule has 2 rings (SSSR count). The summed E-state index contributed by atoms with van der Waals surface area (Å²) in [5.74, 6) is 0.557. The Kier molecular flexibility index (Phi) is 5.16. The highest BCUT2D eigenvalue weighted by molar-refractivity contribution is 5.99. The summed E-state index contributed by atoms with van der Waals surface area (Å²) in [6.45, 7) is 6.04. The fourth-order valence-electron chi connectivity index (χ4n) is 2.39. The lowest BCUT2D eigenvalue weighted by atomic mass is 9.87. The van der Waals surface area contributed by atoms with E-state index in [0.717, 1.165) is 37.1 Å². The van der Waals surface area contributed by atoms with E-state index in [1.165, 1.54) is 5.56 Å². The summed E-state index contributed by atoms with van der Waals surface area (Å²) in [4.78, 5) is 12.3. The Morgan fingerprint density at radius 1 is 1.24 bits per heavy atom. The second kappa shape index (κ2) is 6.18. The average Bonchev–Trinajstić information content (AvgIpc) is 2.29. The van der Waals surface area contributed by atoms with Gasteiger partial charge in [0.25, 0.3) is 0 Å². The highest BCUT2D eigenvalue weighted by atomic mass is 35.5. The fourth-order valence-corrected chi connectivity index (χ4v) is 2.39. The van der Waals surface area contributed by atoms with E-state index >= 15 is 0 Å². The van der Waals surface area contributed by atoms with Gasteiger partial charge in [0.2, 0.25) is 0 Å². The Morgan fingerprint density at radius 2 is 1.88 bits per heavy atom. The highest BCUT2D eigenvalue weighted by Crippen LogP contribution is 2.21. The number of nitrogens with one attached hydrogen (secondary N) is 1. The fraction of sp³-hybridized carbons (Fsp3) is 0.500. The summed E-state index contributed by atoms with van der Waals surface area (Å²) in [7, 11) is 0. The van der Waals surface area contributed by atoms with Crippen LogP contribution in [0.25, 0.3) is 0 Å². The molecule has 0 unspecified atom stereocenters. The summed E-state index contributed by atoms with van der Waals surface area (Å²) >= 11 is 0. The highest BCUT2D eigenvalue weighted by Gasteiger charge is 2.22. The summed E-state index contributed by atoms with van der Waals surface area (Å²) in [5.41, 5.74) is 3.25. The summed E-state index contributed by atoms with van der Waals surface area (Å²) in [6, 6.07) is 6.10. The second-order valence-corrected chi connectivity index (χ2v) is 4.71. The molecule has 0 radical (unpaired) electrons. The van der Waals surface area contributed by atoms with Gasteiger partial charge in [-0.15, -0.1) is 12.4 Å². The van der Waals surface area contributed by atoms with E-state index in [9.17, 15) is 4.79 Å². The molecule has 0 saturated carbocycles. The van der Waals surface area contributed by atoms with Crippen LogP contribution in [0, 0.1) is 19.8 Å². The number of carbonyl (C=O) groups is 1. The number of Topliss-reactive ketones (excluding diaryl/α,β-unsaturated/α-hetero) is 1. The molecule has 3 heteroatoms. The van der Waals surface area contributed by atoms with E-state index in [4.69, 9.17) is 0 Å². The summed E-state index contributed by atoms with van der Waals surface area (Å²) < 4.78 is 0. The molecule has 1 heterocycles. The van der Waals surface area contributed by atoms with E-state index in [1.807, 2.05) is 19.1 Å². The van der Waals surface area contributed by atoms with Gasteiger partial charge in [-0.05, 0) is 45.3 Å². The lowest BCUT2D eigenvalue weighted by Gasteiger charge is -2.22. The first-order valence-corrected chi connectivity index (χ1v) is 6.00. The normalized spacial score (nSPS) is 16.4. The lowest BCUT2D eigenvalue weighted by molar-refractivity contribution is 0.0894. The first kappa shape index (κ1) is 14.2. The third-order valence-electron chi connectivity index (χ3n) is 3.36. The van der Waals surface area contributed by atoms with Gasteiger partial charge in [0.05, 0.1) is 0 Å². The van der Waals surface area contributed by atoms with E-state index in [1.54, 1.807) is 0 Å². The van der Waals surface area contributed by atoms with E-state index in [-0.39, 0.29) is 18.3 Å². The van der Waals surface area contributed by atoms with Crippen LogP contribution in [-0.4, -0.2) is 18.9 Å². The van der Waals surface area contributed by atoms with Crippen molar-refractivity contribution in [1.82, 2.24) is 5.32 Å². The van der Waals surface area contributed by atoms with Crippen LogP contribution in [0.1, 0.15) is 34.3 Å². The number of carbonyl (C=O) groups excluding carboxylic acids is 1. The zero-order valence-corrected chi connectivity index (χ0v) is 11.3. The molecular weight excluding hydrogens is 234 g/mol. The van der Waals surface area contributed by atoms with Crippen LogP contribution < -0.4 is 5.32 Å². The Morgan fingerprint density at radius 3 is 2.47 bits per heavy atom. The van der Waals surface area contributed by atoms with Crippen molar-refractivity contribution in [1.29, 1.82) is 0 Å². The Labute approximate surface area is 109 Å². The van der Waals surface area contributed by atoms with Gasteiger partial charge in [0.15, 0.2) is 5.78 Å². The van der Waals surface area contributed by atoms with Crippen LogP contribution in [-0.2, 0) is 0 Å². The molecule has 1 aliphatic rings. The summed E-state index contributed by atoms with van der Waals surface area (Å²) in [6.07, 6.45) is 1.96. The van der Waals surface area contributed by atoms with Crippen LogP contribution in [0.4, 0.5) is 0 Å². The molecule has 2 nitrogen and oxygen atoms in total. The van der Waals surface area contributed by atoms with Gasteiger partial charge in [0, 0.05) is 11.5 Å². The van der Waals surface area contributed by atoms with E-state index < -0.39 is 0 Å². The molecule has 0 aromatic heterocycles. The van der Waals surface area contributed by atoms with Crippen molar-refractivity contribution in [2.45, 2.75) is 26.7 Å². The molecule has 1 fully saturated rings. The molecule has 1 saturated heterocycles. The quantitative estimate of drug-likeness (QED) is 0.822.